The predicted molar refractivity (Wildman–Crippen MR) is 51.7 cm³/mol. The number of phosphoric acid groups is 2. The van der Waals surface area contributed by atoms with Gasteiger partial charge in [0.15, 0.2) is 0 Å². The Bertz CT molecular complexity index is 231. The third-order valence-corrected chi connectivity index (χ3v) is 1.47. The summed E-state index contributed by atoms with van der Waals surface area (Å²) in [6.07, 6.45) is 0.672. The molecule has 0 saturated heterocycles. The SMILES string of the molecule is CC(C)CCOP(=O)(O)O.O=P(O)(O)O. The molecular formula is C5H16O8P2. The van der Waals surface area contributed by atoms with Crippen molar-refractivity contribution >= 4 is 15.6 Å². The Balaban J connectivity index is 0. The zero-order chi connectivity index (χ0) is 12.7. The first-order valence-electron chi connectivity index (χ1n) is 3.90. The lowest BCUT2D eigenvalue weighted by molar-refractivity contribution is 0.188. The van der Waals surface area contributed by atoms with Gasteiger partial charge in [-0.1, -0.05) is 13.8 Å². The molecule has 0 spiro atoms. The predicted octanol–water partition coefficient (Wildman–Crippen LogP) is 0.213. The van der Waals surface area contributed by atoms with Gasteiger partial charge in [0.25, 0.3) is 0 Å². The van der Waals surface area contributed by atoms with Gasteiger partial charge in [-0.2, -0.15) is 0 Å². The van der Waals surface area contributed by atoms with Gasteiger partial charge in [-0.05, 0) is 12.3 Å². The van der Waals surface area contributed by atoms with Crippen molar-refractivity contribution in [3.63, 3.8) is 0 Å². The molecule has 0 heterocycles. The molecule has 15 heavy (non-hydrogen) atoms. The monoisotopic (exact) mass is 266 g/mol. The second-order valence-corrected chi connectivity index (χ2v) is 5.29. The Labute approximate surface area is 87.4 Å². The average molecular weight is 266 g/mol. The Morgan fingerprint density at radius 3 is 1.60 bits per heavy atom. The van der Waals surface area contributed by atoms with Crippen molar-refractivity contribution in [2.45, 2.75) is 20.3 Å². The van der Waals surface area contributed by atoms with E-state index < -0.39 is 15.6 Å². The minimum absolute atomic E-state index is 0.127. The molecule has 0 radical (unpaired) electrons. The lowest BCUT2D eigenvalue weighted by atomic mass is 10.2. The van der Waals surface area contributed by atoms with Crippen molar-refractivity contribution < 1.29 is 38.1 Å². The zero-order valence-electron chi connectivity index (χ0n) is 8.35. The fourth-order valence-corrected chi connectivity index (χ4v) is 0.751. The Morgan fingerprint density at radius 1 is 1.07 bits per heavy atom. The molecule has 5 N–H and O–H groups in total. The first-order chi connectivity index (χ1) is 6.42. The molecule has 0 aromatic carbocycles. The first kappa shape index (κ1) is 17.6. The van der Waals surface area contributed by atoms with Crippen LogP contribution in [-0.2, 0) is 13.7 Å². The van der Waals surface area contributed by atoms with Crippen LogP contribution in [0, 0.1) is 5.92 Å². The van der Waals surface area contributed by atoms with E-state index in [0.717, 1.165) is 0 Å². The molecule has 0 aromatic heterocycles. The van der Waals surface area contributed by atoms with E-state index >= 15 is 0 Å². The Hall–Kier alpha value is 0.220. The molecule has 10 heteroatoms. The summed E-state index contributed by atoms with van der Waals surface area (Å²) < 4.78 is 23.2. The summed E-state index contributed by atoms with van der Waals surface area (Å²) in [5.41, 5.74) is 0. The maximum Gasteiger partial charge on any atom is 0.469 e. The van der Waals surface area contributed by atoms with E-state index in [1.807, 2.05) is 13.8 Å². The largest absolute Gasteiger partial charge is 0.469 e. The smallest absolute Gasteiger partial charge is 0.303 e. The Morgan fingerprint density at radius 2 is 1.40 bits per heavy atom. The van der Waals surface area contributed by atoms with Crippen LogP contribution in [0.2, 0.25) is 0 Å². The molecule has 94 valence electrons. The third-order valence-electron chi connectivity index (χ3n) is 0.955. The van der Waals surface area contributed by atoms with Crippen molar-refractivity contribution in [3.05, 3.63) is 0 Å². The van der Waals surface area contributed by atoms with Gasteiger partial charge in [0.05, 0.1) is 6.61 Å². The highest BCUT2D eigenvalue weighted by Crippen LogP contribution is 2.35. The maximum atomic E-state index is 10.1. The lowest BCUT2D eigenvalue weighted by Crippen LogP contribution is -1.96. The molecule has 0 aromatic rings. The summed E-state index contributed by atoms with van der Waals surface area (Å²) in [4.78, 5) is 38.0. The molecule has 0 bridgehead atoms. The first-order valence-corrected chi connectivity index (χ1v) is 6.99. The molecule has 8 nitrogen and oxygen atoms in total. The van der Waals surface area contributed by atoms with E-state index in [0.29, 0.717) is 12.3 Å². The van der Waals surface area contributed by atoms with Crippen molar-refractivity contribution in [2.24, 2.45) is 5.92 Å². The van der Waals surface area contributed by atoms with Gasteiger partial charge in [-0.25, -0.2) is 9.13 Å². The van der Waals surface area contributed by atoms with E-state index in [9.17, 15) is 4.57 Å². The highest BCUT2D eigenvalue weighted by Gasteiger charge is 2.12. The van der Waals surface area contributed by atoms with Gasteiger partial charge < -0.3 is 24.5 Å². The van der Waals surface area contributed by atoms with Crippen LogP contribution in [0.3, 0.4) is 0 Å². The van der Waals surface area contributed by atoms with Crippen molar-refractivity contribution in [2.75, 3.05) is 6.61 Å². The zero-order valence-corrected chi connectivity index (χ0v) is 10.1. The van der Waals surface area contributed by atoms with Crippen LogP contribution in [0.15, 0.2) is 0 Å². The summed E-state index contributed by atoms with van der Waals surface area (Å²) in [5, 5.41) is 0. The summed E-state index contributed by atoms with van der Waals surface area (Å²) in [6.45, 7) is 4.05. The van der Waals surface area contributed by atoms with E-state index in [4.69, 9.17) is 29.0 Å². The van der Waals surface area contributed by atoms with Crippen LogP contribution in [0.5, 0.6) is 0 Å². The van der Waals surface area contributed by atoms with Crippen molar-refractivity contribution in [1.82, 2.24) is 0 Å². The molecular weight excluding hydrogens is 250 g/mol. The van der Waals surface area contributed by atoms with Gasteiger partial charge in [-0.15, -0.1) is 0 Å². The van der Waals surface area contributed by atoms with Crippen LogP contribution in [0.25, 0.3) is 0 Å². The van der Waals surface area contributed by atoms with Gasteiger partial charge in [0.1, 0.15) is 0 Å². The van der Waals surface area contributed by atoms with Gasteiger partial charge in [0, 0.05) is 0 Å². The second-order valence-electron chi connectivity index (χ2n) is 3.02. The Kier molecular flexibility index (Phi) is 8.79. The minimum atomic E-state index is -4.64. The highest BCUT2D eigenvalue weighted by atomic mass is 31.2. The molecule has 0 rings (SSSR count). The van der Waals surface area contributed by atoms with Crippen LogP contribution in [0.1, 0.15) is 20.3 Å². The number of phosphoric ester groups is 1. The molecule has 0 aliphatic heterocycles. The summed E-state index contributed by atoms with van der Waals surface area (Å²) >= 11 is 0. The number of hydrogen-bond donors (Lipinski definition) is 5. The second kappa shape index (κ2) is 7.49. The van der Waals surface area contributed by atoms with Crippen LogP contribution in [-0.4, -0.2) is 31.1 Å². The van der Waals surface area contributed by atoms with Crippen LogP contribution in [0.4, 0.5) is 0 Å². The van der Waals surface area contributed by atoms with Gasteiger partial charge in [-0.3, -0.25) is 4.52 Å². The number of rotatable bonds is 4. The van der Waals surface area contributed by atoms with Gasteiger partial charge >= 0.3 is 15.6 Å². The van der Waals surface area contributed by atoms with Crippen molar-refractivity contribution in [3.8, 4) is 0 Å². The third kappa shape index (κ3) is 40.7. The topological polar surface area (TPSA) is 145 Å². The molecule has 0 fully saturated rings. The van der Waals surface area contributed by atoms with Crippen LogP contribution >= 0.6 is 15.6 Å². The normalized spacial score (nSPS) is 12.3. The quantitative estimate of drug-likeness (QED) is 0.454. The fourth-order valence-electron chi connectivity index (χ4n) is 0.407. The van der Waals surface area contributed by atoms with E-state index in [1.54, 1.807) is 0 Å². The molecule has 0 atom stereocenters. The van der Waals surface area contributed by atoms with Crippen LogP contribution < -0.4 is 0 Å². The van der Waals surface area contributed by atoms with Crippen molar-refractivity contribution in [1.29, 1.82) is 0 Å². The molecule has 0 aliphatic carbocycles. The maximum absolute atomic E-state index is 10.1. The van der Waals surface area contributed by atoms with E-state index in [2.05, 4.69) is 4.52 Å². The fraction of sp³-hybridized carbons (Fsp3) is 1.00. The molecule has 0 saturated carbocycles. The summed E-state index contributed by atoms with van der Waals surface area (Å²) in [5.74, 6) is 0.409. The van der Waals surface area contributed by atoms with E-state index in [1.165, 1.54) is 0 Å². The molecule has 0 amide bonds. The lowest BCUT2D eigenvalue weighted by Gasteiger charge is -2.05. The molecule has 0 unspecified atom stereocenters. The summed E-state index contributed by atoms with van der Waals surface area (Å²) in [7, 11) is -8.86. The minimum Gasteiger partial charge on any atom is -0.303 e. The van der Waals surface area contributed by atoms with Gasteiger partial charge in [0.2, 0.25) is 0 Å². The summed E-state index contributed by atoms with van der Waals surface area (Å²) in [6, 6.07) is 0. The standard InChI is InChI=1S/C5H13O4P.H3O4P/c1-5(2)3-4-9-10(6,7)8;1-5(2,3)4/h5H,3-4H2,1-2H3,(H2,6,7,8);(H3,1,2,3,4). The highest BCUT2D eigenvalue weighted by molar-refractivity contribution is 7.46. The number of hydrogen-bond acceptors (Lipinski definition) is 3. The average Bonchev–Trinajstić information content (AvgIpc) is 1.77. The van der Waals surface area contributed by atoms with E-state index in [-0.39, 0.29) is 6.61 Å². The molecule has 0 aliphatic rings.